The van der Waals surface area contributed by atoms with Crippen LogP contribution in [0.15, 0.2) is 41.3 Å². The van der Waals surface area contributed by atoms with Gasteiger partial charge in [0.2, 0.25) is 10.0 Å². The van der Waals surface area contributed by atoms with Gasteiger partial charge in [-0.05, 0) is 23.6 Å². The molecule has 1 aliphatic heterocycles. The van der Waals surface area contributed by atoms with E-state index in [4.69, 9.17) is 14.6 Å². The van der Waals surface area contributed by atoms with Crippen LogP contribution in [0.25, 0.3) is 10.8 Å². The lowest BCUT2D eigenvalue weighted by atomic mass is 10.1. The second-order valence-electron chi connectivity index (χ2n) is 5.49. The second-order valence-corrected chi connectivity index (χ2v) is 7.05. The number of ether oxygens (including phenoxy) is 2. The molecule has 0 bridgehead atoms. The van der Waals surface area contributed by atoms with Crippen molar-refractivity contribution in [1.82, 2.24) is 4.90 Å². The molecule has 1 aliphatic rings. The predicted octanol–water partition coefficient (Wildman–Crippen LogP) is 1.20. The standard InChI is InChI=1S/C16H20N2O4S/c17-23(19,20)14-5-4-13-2-1-3-16(15(13)12-14)22-11-8-18-6-9-21-10-7-18/h1-5,12H,6-11H2,(H2,17,19,20). The second kappa shape index (κ2) is 6.84. The molecule has 23 heavy (non-hydrogen) atoms. The summed E-state index contributed by atoms with van der Waals surface area (Å²) in [7, 11) is -3.73. The molecule has 6 nitrogen and oxygen atoms in total. The first-order valence-corrected chi connectivity index (χ1v) is 9.07. The summed E-state index contributed by atoms with van der Waals surface area (Å²) in [6, 6.07) is 10.5. The molecule has 0 amide bonds. The van der Waals surface area contributed by atoms with Gasteiger partial charge in [0.05, 0.1) is 18.1 Å². The summed E-state index contributed by atoms with van der Waals surface area (Å²) in [6.45, 7) is 4.69. The number of fused-ring (bicyclic) bond motifs is 1. The Morgan fingerprint density at radius 2 is 1.96 bits per heavy atom. The van der Waals surface area contributed by atoms with Gasteiger partial charge in [0.25, 0.3) is 0 Å². The Labute approximate surface area is 135 Å². The molecule has 0 saturated carbocycles. The molecular weight excluding hydrogens is 316 g/mol. The number of benzene rings is 2. The van der Waals surface area contributed by atoms with Crippen LogP contribution in [0.2, 0.25) is 0 Å². The number of primary sulfonamides is 1. The van der Waals surface area contributed by atoms with Gasteiger partial charge in [-0.1, -0.05) is 18.2 Å². The highest BCUT2D eigenvalue weighted by Gasteiger charge is 2.12. The van der Waals surface area contributed by atoms with E-state index in [2.05, 4.69) is 4.90 Å². The Hall–Kier alpha value is -1.67. The quantitative estimate of drug-likeness (QED) is 0.887. The predicted molar refractivity (Wildman–Crippen MR) is 88.1 cm³/mol. The summed E-state index contributed by atoms with van der Waals surface area (Å²) in [5, 5.41) is 6.88. The van der Waals surface area contributed by atoms with Crippen molar-refractivity contribution >= 4 is 20.8 Å². The van der Waals surface area contributed by atoms with Crippen molar-refractivity contribution in [3.05, 3.63) is 36.4 Å². The normalized spacial score (nSPS) is 16.6. The number of nitrogens with zero attached hydrogens (tertiary/aromatic N) is 1. The highest BCUT2D eigenvalue weighted by molar-refractivity contribution is 7.89. The maximum absolute atomic E-state index is 11.5. The Morgan fingerprint density at radius 3 is 2.70 bits per heavy atom. The average molecular weight is 336 g/mol. The van der Waals surface area contributed by atoms with E-state index in [1.54, 1.807) is 12.1 Å². The summed E-state index contributed by atoms with van der Waals surface area (Å²) in [5.41, 5.74) is 0. The van der Waals surface area contributed by atoms with Crippen molar-refractivity contribution in [2.24, 2.45) is 5.14 Å². The molecule has 3 rings (SSSR count). The van der Waals surface area contributed by atoms with Crippen molar-refractivity contribution in [2.45, 2.75) is 4.90 Å². The lowest BCUT2D eigenvalue weighted by molar-refractivity contribution is 0.0323. The van der Waals surface area contributed by atoms with Crippen molar-refractivity contribution in [3.8, 4) is 5.75 Å². The zero-order valence-corrected chi connectivity index (χ0v) is 13.6. The number of hydrogen-bond donors (Lipinski definition) is 1. The van der Waals surface area contributed by atoms with E-state index in [9.17, 15) is 8.42 Å². The Bertz CT molecular complexity index is 786. The Kier molecular flexibility index (Phi) is 4.82. The smallest absolute Gasteiger partial charge is 0.238 e. The number of rotatable bonds is 5. The number of hydrogen-bond acceptors (Lipinski definition) is 5. The number of sulfonamides is 1. The molecule has 7 heteroatoms. The van der Waals surface area contributed by atoms with Crippen LogP contribution in [0.4, 0.5) is 0 Å². The molecule has 0 spiro atoms. The van der Waals surface area contributed by atoms with Crippen molar-refractivity contribution in [3.63, 3.8) is 0 Å². The van der Waals surface area contributed by atoms with Crippen LogP contribution in [0.3, 0.4) is 0 Å². The van der Waals surface area contributed by atoms with E-state index in [0.29, 0.717) is 12.4 Å². The average Bonchev–Trinajstić information content (AvgIpc) is 2.55. The topological polar surface area (TPSA) is 81.9 Å². The molecule has 1 fully saturated rings. The Morgan fingerprint density at radius 1 is 1.17 bits per heavy atom. The van der Waals surface area contributed by atoms with Crippen LogP contribution in [-0.2, 0) is 14.8 Å². The molecule has 0 radical (unpaired) electrons. The molecule has 0 unspecified atom stereocenters. The first-order chi connectivity index (χ1) is 11.0. The maximum Gasteiger partial charge on any atom is 0.238 e. The molecule has 2 aromatic rings. The minimum absolute atomic E-state index is 0.0919. The summed E-state index contributed by atoms with van der Waals surface area (Å²) in [4.78, 5) is 2.37. The maximum atomic E-state index is 11.5. The summed E-state index contributed by atoms with van der Waals surface area (Å²) < 4.78 is 34.2. The molecule has 2 aromatic carbocycles. The van der Waals surface area contributed by atoms with Gasteiger partial charge in [0, 0.05) is 25.0 Å². The van der Waals surface area contributed by atoms with Gasteiger partial charge >= 0.3 is 0 Å². The molecule has 1 heterocycles. The zero-order chi connectivity index (χ0) is 16.3. The Balaban J connectivity index is 1.76. The van der Waals surface area contributed by atoms with Gasteiger partial charge in [0.1, 0.15) is 12.4 Å². The molecule has 0 atom stereocenters. The van der Waals surface area contributed by atoms with E-state index in [1.165, 1.54) is 6.07 Å². The van der Waals surface area contributed by atoms with E-state index < -0.39 is 10.0 Å². The fraction of sp³-hybridized carbons (Fsp3) is 0.375. The summed E-state index contributed by atoms with van der Waals surface area (Å²) >= 11 is 0. The van der Waals surface area contributed by atoms with E-state index in [-0.39, 0.29) is 4.90 Å². The van der Waals surface area contributed by atoms with Crippen LogP contribution in [-0.4, -0.2) is 52.8 Å². The lowest BCUT2D eigenvalue weighted by Gasteiger charge is -2.26. The highest BCUT2D eigenvalue weighted by Crippen LogP contribution is 2.27. The first kappa shape index (κ1) is 16.2. The number of nitrogens with two attached hydrogens (primary N) is 1. The molecule has 124 valence electrons. The minimum atomic E-state index is -3.73. The fourth-order valence-electron chi connectivity index (χ4n) is 2.64. The van der Waals surface area contributed by atoms with Crippen molar-refractivity contribution in [1.29, 1.82) is 0 Å². The monoisotopic (exact) mass is 336 g/mol. The van der Waals surface area contributed by atoms with Gasteiger partial charge in [-0.2, -0.15) is 0 Å². The highest BCUT2D eigenvalue weighted by atomic mass is 32.2. The molecule has 2 N–H and O–H groups in total. The van der Waals surface area contributed by atoms with Crippen molar-refractivity contribution in [2.75, 3.05) is 39.5 Å². The minimum Gasteiger partial charge on any atom is -0.492 e. The van der Waals surface area contributed by atoms with E-state index >= 15 is 0 Å². The third kappa shape index (κ3) is 4.00. The lowest BCUT2D eigenvalue weighted by Crippen LogP contribution is -2.38. The summed E-state index contributed by atoms with van der Waals surface area (Å²) in [5.74, 6) is 0.668. The van der Waals surface area contributed by atoms with E-state index in [1.807, 2.05) is 18.2 Å². The van der Waals surface area contributed by atoms with Crippen LogP contribution in [0, 0.1) is 0 Å². The van der Waals surface area contributed by atoms with Gasteiger partial charge < -0.3 is 9.47 Å². The van der Waals surface area contributed by atoms with Gasteiger partial charge in [-0.3, -0.25) is 4.90 Å². The van der Waals surface area contributed by atoms with Gasteiger partial charge in [-0.25, -0.2) is 13.6 Å². The van der Waals surface area contributed by atoms with Crippen molar-refractivity contribution < 1.29 is 17.9 Å². The molecule has 0 aliphatic carbocycles. The first-order valence-electron chi connectivity index (χ1n) is 7.52. The third-order valence-electron chi connectivity index (χ3n) is 3.91. The third-order valence-corrected chi connectivity index (χ3v) is 4.82. The van der Waals surface area contributed by atoms with E-state index in [0.717, 1.165) is 43.6 Å². The largest absolute Gasteiger partial charge is 0.492 e. The van der Waals surface area contributed by atoms with Crippen LogP contribution in [0.1, 0.15) is 0 Å². The number of morpholine rings is 1. The van der Waals surface area contributed by atoms with Gasteiger partial charge in [0.15, 0.2) is 0 Å². The molecule has 1 saturated heterocycles. The SMILES string of the molecule is NS(=O)(=O)c1ccc2cccc(OCCN3CCOCC3)c2c1. The summed E-state index contributed by atoms with van der Waals surface area (Å²) in [6.07, 6.45) is 0. The van der Waals surface area contributed by atoms with Crippen LogP contribution < -0.4 is 9.88 Å². The van der Waals surface area contributed by atoms with Crippen LogP contribution >= 0.6 is 0 Å². The molecular formula is C16H20N2O4S. The molecule has 0 aromatic heterocycles. The zero-order valence-electron chi connectivity index (χ0n) is 12.8. The fourth-order valence-corrected chi connectivity index (χ4v) is 3.18. The van der Waals surface area contributed by atoms with Gasteiger partial charge in [-0.15, -0.1) is 0 Å². The van der Waals surface area contributed by atoms with Crippen LogP contribution in [0.5, 0.6) is 5.75 Å².